The number of nitrogens with one attached hydrogen (secondary N) is 1. The molecular formula is C11H13N3O. The second kappa shape index (κ2) is 4.13. The number of hydrogen-bond donors (Lipinski definition) is 1. The third-order valence-corrected chi connectivity index (χ3v) is 2.09. The molecule has 0 aliphatic rings. The van der Waals surface area contributed by atoms with Gasteiger partial charge in [0, 0.05) is 12.4 Å². The SMILES string of the molecule is CCOc1nc(NC)c2ccccc2n1. The van der Waals surface area contributed by atoms with Crippen LogP contribution in [0.25, 0.3) is 10.9 Å². The predicted molar refractivity (Wildman–Crippen MR) is 60.3 cm³/mol. The molecule has 1 aromatic heterocycles. The van der Waals surface area contributed by atoms with Gasteiger partial charge in [-0.2, -0.15) is 9.97 Å². The second-order valence-electron chi connectivity index (χ2n) is 3.05. The summed E-state index contributed by atoms with van der Waals surface area (Å²) in [5, 5.41) is 4.04. The lowest BCUT2D eigenvalue weighted by Gasteiger charge is -2.07. The van der Waals surface area contributed by atoms with Crippen LogP contribution in [-0.2, 0) is 0 Å². The van der Waals surface area contributed by atoms with Crippen molar-refractivity contribution in [3.05, 3.63) is 24.3 Å². The van der Waals surface area contributed by atoms with Crippen molar-refractivity contribution in [3.63, 3.8) is 0 Å². The van der Waals surface area contributed by atoms with E-state index in [0.717, 1.165) is 16.7 Å². The molecule has 0 fully saturated rings. The van der Waals surface area contributed by atoms with Gasteiger partial charge in [0.1, 0.15) is 5.82 Å². The Kier molecular flexibility index (Phi) is 2.67. The standard InChI is InChI=1S/C11H13N3O/c1-3-15-11-13-9-7-5-4-6-8(9)10(12-2)14-11/h4-7H,3H2,1-2H3,(H,12,13,14). The molecule has 0 saturated heterocycles. The van der Waals surface area contributed by atoms with Crippen molar-refractivity contribution in [2.75, 3.05) is 19.0 Å². The van der Waals surface area contributed by atoms with E-state index < -0.39 is 0 Å². The minimum atomic E-state index is 0.417. The molecule has 0 aliphatic carbocycles. The molecule has 0 amide bonds. The Labute approximate surface area is 88.3 Å². The number of nitrogens with zero attached hydrogens (tertiary/aromatic N) is 2. The first-order chi connectivity index (χ1) is 7.35. The molecule has 0 atom stereocenters. The molecule has 0 bridgehead atoms. The van der Waals surface area contributed by atoms with Gasteiger partial charge in [0.05, 0.1) is 12.1 Å². The van der Waals surface area contributed by atoms with Gasteiger partial charge in [-0.15, -0.1) is 0 Å². The van der Waals surface area contributed by atoms with Gasteiger partial charge >= 0.3 is 6.01 Å². The van der Waals surface area contributed by atoms with Crippen LogP contribution in [0.2, 0.25) is 0 Å². The molecule has 1 aromatic carbocycles. The molecule has 15 heavy (non-hydrogen) atoms. The van der Waals surface area contributed by atoms with E-state index in [1.807, 2.05) is 38.2 Å². The average Bonchev–Trinajstić information content (AvgIpc) is 2.28. The van der Waals surface area contributed by atoms with E-state index in [1.165, 1.54) is 0 Å². The zero-order chi connectivity index (χ0) is 10.7. The van der Waals surface area contributed by atoms with Crippen molar-refractivity contribution >= 4 is 16.7 Å². The number of anilines is 1. The summed E-state index contributed by atoms with van der Waals surface area (Å²) < 4.78 is 5.29. The van der Waals surface area contributed by atoms with Crippen molar-refractivity contribution in [2.24, 2.45) is 0 Å². The largest absolute Gasteiger partial charge is 0.464 e. The van der Waals surface area contributed by atoms with E-state index in [9.17, 15) is 0 Å². The van der Waals surface area contributed by atoms with Crippen LogP contribution in [-0.4, -0.2) is 23.6 Å². The van der Waals surface area contributed by atoms with Gasteiger partial charge < -0.3 is 10.1 Å². The lowest BCUT2D eigenvalue weighted by Crippen LogP contribution is -2.01. The van der Waals surface area contributed by atoms with E-state index in [2.05, 4.69) is 15.3 Å². The summed E-state index contributed by atoms with van der Waals surface area (Å²) in [4.78, 5) is 8.56. The maximum Gasteiger partial charge on any atom is 0.318 e. The summed E-state index contributed by atoms with van der Waals surface area (Å²) in [7, 11) is 1.84. The molecule has 78 valence electrons. The van der Waals surface area contributed by atoms with Gasteiger partial charge in [-0.3, -0.25) is 0 Å². The van der Waals surface area contributed by atoms with Crippen molar-refractivity contribution in [1.29, 1.82) is 0 Å². The number of rotatable bonds is 3. The number of ether oxygens (including phenoxy) is 1. The van der Waals surface area contributed by atoms with Gasteiger partial charge in [0.2, 0.25) is 0 Å². The normalized spacial score (nSPS) is 10.3. The summed E-state index contributed by atoms with van der Waals surface area (Å²) in [5.74, 6) is 0.795. The Morgan fingerprint density at radius 2 is 2.07 bits per heavy atom. The fourth-order valence-electron chi connectivity index (χ4n) is 1.44. The molecule has 1 heterocycles. The fourth-order valence-corrected chi connectivity index (χ4v) is 1.44. The minimum Gasteiger partial charge on any atom is -0.464 e. The topological polar surface area (TPSA) is 47.0 Å². The van der Waals surface area contributed by atoms with Gasteiger partial charge in [0.25, 0.3) is 0 Å². The summed E-state index contributed by atoms with van der Waals surface area (Å²) >= 11 is 0. The molecule has 2 rings (SSSR count). The predicted octanol–water partition coefficient (Wildman–Crippen LogP) is 2.07. The molecule has 0 radical (unpaired) electrons. The number of para-hydroxylation sites is 1. The highest BCUT2D eigenvalue weighted by Gasteiger charge is 2.05. The van der Waals surface area contributed by atoms with Crippen molar-refractivity contribution in [3.8, 4) is 6.01 Å². The Hall–Kier alpha value is -1.84. The summed E-state index contributed by atoms with van der Waals surface area (Å²) in [5.41, 5.74) is 0.889. The van der Waals surface area contributed by atoms with E-state index in [1.54, 1.807) is 0 Å². The van der Waals surface area contributed by atoms with Crippen LogP contribution in [0.3, 0.4) is 0 Å². The van der Waals surface area contributed by atoms with Crippen LogP contribution in [0, 0.1) is 0 Å². The number of aromatic nitrogens is 2. The third-order valence-electron chi connectivity index (χ3n) is 2.09. The molecule has 0 unspecified atom stereocenters. The monoisotopic (exact) mass is 203 g/mol. The summed E-state index contributed by atoms with van der Waals surface area (Å²) in [6, 6.07) is 8.26. The zero-order valence-electron chi connectivity index (χ0n) is 8.82. The van der Waals surface area contributed by atoms with Crippen LogP contribution in [0.5, 0.6) is 6.01 Å². The first-order valence-corrected chi connectivity index (χ1v) is 4.92. The first-order valence-electron chi connectivity index (χ1n) is 4.92. The van der Waals surface area contributed by atoms with E-state index in [-0.39, 0.29) is 0 Å². The van der Waals surface area contributed by atoms with Crippen LogP contribution in [0.1, 0.15) is 6.92 Å². The zero-order valence-corrected chi connectivity index (χ0v) is 8.82. The van der Waals surface area contributed by atoms with Crippen molar-refractivity contribution in [1.82, 2.24) is 9.97 Å². The fraction of sp³-hybridized carbons (Fsp3) is 0.273. The summed E-state index contributed by atoms with van der Waals surface area (Å²) in [6.07, 6.45) is 0. The van der Waals surface area contributed by atoms with Gasteiger partial charge in [0.15, 0.2) is 0 Å². The Morgan fingerprint density at radius 1 is 1.27 bits per heavy atom. The lowest BCUT2D eigenvalue weighted by atomic mass is 10.2. The van der Waals surface area contributed by atoms with Crippen LogP contribution >= 0.6 is 0 Å². The van der Waals surface area contributed by atoms with E-state index in [4.69, 9.17) is 4.74 Å². The number of fused-ring (bicyclic) bond motifs is 1. The van der Waals surface area contributed by atoms with Crippen molar-refractivity contribution in [2.45, 2.75) is 6.92 Å². The van der Waals surface area contributed by atoms with E-state index in [0.29, 0.717) is 12.6 Å². The molecule has 2 aromatic rings. The average molecular weight is 203 g/mol. The van der Waals surface area contributed by atoms with Gasteiger partial charge in [-0.05, 0) is 19.1 Å². The van der Waals surface area contributed by atoms with Crippen LogP contribution in [0.15, 0.2) is 24.3 Å². The Morgan fingerprint density at radius 3 is 2.80 bits per heavy atom. The highest BCUT2D eigenvalue weighted by Crippen LogP contribution is 2.21. The molecule has 0 saturated carbocycles. The lowest BCUT2D eigenvalue weighted by molar-refractivity contribution is 0.314. The smallest absolute Gasteiger partial charge is 0.318 e. The Bertz CT molecular complexity index is 470. The molecular weight excluding hydrogens is 190 g/mol. The molecule has 0 spiro atoms. The molecule has 0 aliphatic heterocycles. The highest BCUT2D eigenvalue weighted by molar-refractivity contribution is 5.89. The van der Waals surface area contributed by atoms with Gasteiger partial charge in [-0.1, -0.05) is 12.1 Å². The third kappa shape index (κ3) is 1.83. The molecule has 1 N–H and O–H groups in total. The number of hydrogen-bond acceptors (Lipinski definition) is 4. The van der Waals surface area contributed by atoms with Gasteiger partial charge in [-0.25, -0.2) is 0 Å². The molecule has 4 heteroatoms. The second-order valence-corrected chi connectivity index (χ2v) is 3.05. The Balaban J connectivity index is 2.60. The number of benzene rings is 1. The van der Waals surface area contributed by atoms with E-state index >= 15 is 0 Å². The minimum absolute atomic E-state index is 0.417. The highest BCUT2D eigenvalue weighted by atomic mass is 16.5. The maximum atomic E-state index is 5.29. The van der Waals surface area contributed by atoms with Crippen molar-refractivity contribution < 1.29 is 4.74 Å². The quantitative estimate of drug-likeness (QED) is 0.829. The maximum absolute atomic E-state index is 5.29. The van der Waals surface area contributed by atoms with Crippen LogP contribution in [0.4, 0.5) is 5.82 Å². The first kappa shape index (κ1) is 9.71. The summed E-state index contributed by atoms with van der Waals surface area (Å²) in [6.45, 7) is 2.49. The molecule has 4 nitrogen and oxygen atoms in total. The van der Waals surface area contributed by atoms with Crippen LogP contribution < -0.4 is 10.1 Å².